The van der Waals surface area contributed by atoms with Gasteiger partial charge >= 0.3 is 0 Å². The van der Waals surface area contributed by atoms with E-state index in [1.54, 1.807) is 25.2 Å². The highest BCUT2D eigenvalue weighted by atomic mass is 32.2. The number of carbonyl (C=O) groups is 2. The molecule has 37 heavy (non-hydrogen) atoms. The first-order chi connectivity index (χ1) is 17.9. The summed E-state index contributed by atoms with van der Waals surface area (Å²) in [7, 11) is 1.56. The number of halogens is 1. The van der Waals surface area contributed by atoms with Gasteiger partial charge in [-0.05, 0) is 55.9 Å². The number of aryl methyl sites for hydroxylation is 1. The van der Waals surface area contributed by atoms with E-state index in [1.807, 2.05) is 0 Å². The van der Waals surface area contributed by atoms with Crippen molar-refractivity contribution < 1.29 is 18.4 Å². The number of fused-ring (bicyclic) bond motifs is 1. The Morgan fingerprint density at radius 2 is 1.95 bits per heavy atom. The number of carbonyl (C=O) groups excluding carboxylic acids is 2. The number of nitrogens with one attached hydrogen (secondary N) is 3. The van der Waals surface area contributed by atoms with Crippen molar-refractivity contribution in [1.82, 2.24) is 20.6 Å². The van der Waals surface area contributed by atoms with E-state index in [1.165, 1.54) is 23.9 Å². The van der Waals surface area contributed by atoms with Crippen molar-refractivity contribution in [3.05, 3.63) is 69.1 Å². The fraction of sp³-hybridized carbons (Fsp3) is 0.407. The van der Waals surface area contributed by atoms with Gasteiger partial charge in [0.05, 0.1) is 5.69 Å². The molecule has 3 N–H and O–H groups in total. The first-order valence-corrected chi connectivity index (χ1v) is 13.6. The van der Waals surface area contributed by atoms with Gasteiger partial charge in [-0.2, -0.15) is 0 Å². The highest BCUT2D eigenvalue weighted by Gasteiger charge is 2.40. The zero-order valence-corrected chi connectivity index (χ0v) is 21.4. The SMILES string of the molecule is CNC(=O)C1(NC(=O)c2ccc(-c3ccc(CSc4nc5c(c(=O)[nH]4)CCC5)c(F)c3)o2)CCCCC1. The lowest BCUT2D eigenvalue weighted by atomic mass is 9.80. The molecule has 0 aliphatic heterocycles. The predicted molar refractivity (Wildman–Crippen MR) is 138 cm³/mol. The average Bonchev–Trinajstić information content (AvgIpc) is 3.58. The molecule has 2 amide bonds. The van der Waals surface area contributed by atoms with Crippen LogP contribution in [-0.4, -0.2) is 34.4 Å². The smallest absolute Gasteiger partial charge is 0.287 e. The van der Waals surface area contributed by atoms with Crippen molar-refractivity contribution in [3.8, 4) is 11.3 Å². The number of nitrogens with zero attached hydrogens (tertiary/aromatic N) is 1. The topological polar surface area (TPSA) is 117 Å². The van der Waals surface area contributed by atoms with Gasteiger partial charge in [-0.1, -0.05) is 43.2 Å². The summed E-state index contributed by atoms with van der Waals surface area (Å²) in [6, 6.07) is 7.90. The van der Waals surface area contributed by atoms with Crippen LogP contribution in [0.5, 0.6) is 0 Å². The summed E-state index contributed by atoms with van der Waals surface area (Å²) in [6.07, 6.45) is 6.38. The van der Waals surface area contributed by atoms with Gasteiger partial charge in [0, 0.05) is 23.9 Å². The quantitative estimate of drug-likeness (QED) is 0.316. The van der Waals surface area contributed by atoms with Crippen LogP contribution in [0.25, 0.3) is 11.3 Å². The molecular formula is C27H29FN4O4S. The van der Waals surface area contributed by atoms with Gasteiger partial charge in [0.25, 0.3) is 11.5 Å². The number of hydrogen-bond donors (Lipinski definition) is 3. The summed E-state index contributed by atoms with van der Waals surface area (Å²) in [5, 5.41) is 6.03. The largest absolute Gasteiger partial charge is 0.451 e. The molecule has 0 radical (unpaired) electrons. The van der Waals surface area contributed by atoms with Crippen LogP contribution in [-0.2, 0) is 23.4 Å². The highest BCUT2D eigenvalue weighted by Crippen LogP contribution is 2.31. The minimum Gasteiger partial charge on any atom is -0.451 e. The maximum absolute atomic E-state index is 14.9. The number of aromatic amines is 1. The number of thioether (sulfide) groups is 1. The molecule has 0 bridgehead atoms. The van der Waals surface area contributed by atoms with Gasteiger partial charge in [-0.15, -0.1) is 0 Å². The lowest BCUT2D eigenvalue weighted by molar-refractivity contribution is -0.128. The third kappa shape index (κ3) is 5.20. The number of hydrogen-bond acceptors (Lipinski definition) is 6. The molecule has 3 aromatic rings. The van der Waals surface area contributed by atoms with Gasteiger partial charge in [0.2, 0.25) is 5.91 Å². The number of rotatable bonds is 7. The van der Waals surface area contributed by atoms with Gasteiger partial charge < -0.3 is 20.0 Å². The Kier molecular flexibility index (Phi) is 7.19. The number of likely N-dealkylation sites (N-methyl/N-ethyl adjacent to an activating group) is 1. The first kappa shape index (κ1) is 25.3. The minimum absolute atomic E-state index is 0.0653. The summed E-state index contributed by atoms with van der Waals surface area (Å²) in [5.74, 6) is -0.373. The molecule has 5 rings (SSSR count). The van der Waals surface area contributed by atoms with Crippen LogP contribution in [0.4, 0.5) is 4.39 Å². The van der Waals surface area contributed by atoms with Crippen LogP contribution >= 0.6 is 11.8 Å². The van der Waals surface area contributed by atoms with Crippen LogP contribution in [0.2, 0.25) is 0 Å². The Balaban J connectivity index is 1.27. The van der Waals surface area contributed by atoms with Crippen LogP contribution in [0.15, 0.2) is 44.7 Å². The predicted octanol–water partition coefficient (Wildman–Crippen LogP) is 4.13. The Morgan fingerprint density at radius 3 is 2.70 bits per heavy atom. The molecule has 1 fully saturated rings. The monoisotopic (exact) mass is 524 g/mol. The van der Waals surface area contributed by atoms with Gasteiger partial charge in [0.15, 0.2) is 10.9 Å². The van der Waals surface area contributed by atoms with E-state index in [0.717, 1.165) is 49.8 Å². The maximum Gasteiger partial charge on any atom is 0.287 e. The van der Waals surface area contributed by atoms with E-state index in [-0.39, 0.29) is 17.2 Å². The van der Waals surface area contributed by atoms with E-state index >= 15 is 0 Å². The van der Waals surface area contributed by atoms with E-state index < -0.39 is 17.3 Å². The maximum atomic E-state index is 14.9. The van der Waals surface area contributed by atoms with Crippen molar-refractivity contribution in [1.29, 1.82) is 0 Å². The Bertz CT molecular complexity index is 1390. The number of furan rings is 1. The molecular weight excluding hydrogens is 495 g/mol. The highest BCUT2D eigenvalue weighted by molar-refractivity contribution is 7.98. The fourth-order valence-electron chi connectivity index (χ4n) is 5.15. The molecule has 1 aromatic carbocycles. The van der Waals surface area contributed by atoms with Gasteiger partial charge in [-0.3, -0.25) is 14.4 Å². The molecule has 0 spiro atoms. The molecule has 2 aliphatic rings. The standard InChI is InChI=1S/C27H29FN4O4S/c1-29-25(35)27(12-3-2-4-13-27)32-24(34)22-11-10-21(36-22)16-8-9-17(19(28)14-16)15-37-26-30-20-7-5-6-18(20)23(33)31-26/h8-11,14H,2-7,12-13,15H2,1H3,(H,29,35)(H,32,34)(H,30,31,33). The number of amides is 2. The molecule has 10 heteroatoms. The number of benzene rings is 1. The molecule has 2 heterocycles. The second kappa shape index (κ2) is 10.5. The second-order valence-electron chi connectivity index (χ2n) is 9.58. The van der Waals surface area contributed by atoms with E-state index in [0.29, 0.717) is 40.6 Å². The summed E-state index contributed by atoms with van der Waals surface area (Å²) < 4.78 is 20.7. The molecule has 8 nitrogen and oxygen atoms in total. The molecule has 2 aliphatic carbocycles. The fourth-order valence-corrected chi connectivity index (χ4v) is 6.01. The number of aromatic nitrogens is 2. The van der Waals surface area contributed by atoms with Crippen LogP contribution in [0.1, 0.15) is 65.9 Å². The Hall–Kier alpha value is -3.40. The molecule has 2 aromatic heterocycles. The summed E-state index contributed by atoms with van der Waals surface area (Å²) >= 11 is 1.28. The first-order valence-electron chi connectivity index (χ1n) is 12.6. The third-order valence-corrected chi connectivity index (χ3v) is 8.10. The van der Waals surface area contributed by atoms with Crippen molar-refractivity contribution in [2.24, 2.45) is 0 Å². The lowest BCUT2D eigenvalue weighted by Crippen LogP contribution is -2.59. The van der Waals surface area contributed by atoms with Crippen molar-refractivity contribution >= 4 is 23.6 Å². The van der Waals surface area contributed by atoms with Gasteiger partial charge in [0.1, 0.15) is 17.1 Å². The zero-order valence-electron chi connectivity index (χ0n) is 20.6. The van der Waals surface area contributed by atoms with Crippen LogP contribution < -0.4 is 16.2 Å². The van der Waals surface area contributed by atoms with E-state index in [2.05, 4.69) is 20.6 Å². The lowest BCUT2D eigenvalue weighted by Gasteiger charge is -2.35. The summed E-state index contributed by atoms with van der Waals surface area (Å²) in [6.45, 7) is 0. The van der Waals surface area contributed by atoms with Crippen molar-refractivity contribution in [3.63, 3.8) is 0 Å². The Labute approximate surface area is 217 Å². The van der Waals surface area contributed by atoms with Gasteiger partial charge in [-0.25, -0.2) is 9.37 Å². The molecule has 0 atom stereocenters. The van der Waals surface area contributed by atoms with Crippen molar-refractivity contribution in [2.75, 3.05) is 7.05 Å². The third-order valence-electron chi connectivity index (χ3n) is 7.17. The van der Waals surface area contributed by atoms with Crippen molar-refractivity contribution in [2.45, 2.75) is 67.8 Å². The molecule has 0 saturated heterocycles. The number of H-pyrrole nitrogens is 1. The zero-order chi connectivity index (χ0) is 26.0. The minimum atomic E-state index is -0.944. The van der Waals surface area contributed by atoms with E-state index in [9.17, 15) is 18.8 Å². The molecule has 0 unspecified atom stereocenters. The van der Waals surface area contributed by atoms with Crippen LogP contribution in [0, 0.1) is 5.82 Å². The summed E-state index contributed by atoms with van der Waals surface area (Å²) in [5.41, 5.74) is 1.50. The Morgan fingerprint density at radius 1 is 1.14 bits per heavy atom. The van der Waals surface area contributed by atoms with E-state index in [4.69, 9.17) is 4.42 Å². The second-order valence-corrected chi connectivity index (χ2v) is 10.5. The average molecular weight is 525 g/mol. The molecule has 1 saturated carbocycles. The normalized spacial score (nSPS) is 16.3. The summed E-state index contributed by atoms with van der Waals surface area (Å²) in [4.78, 5) is 45.0. The van der Waals surface area contributed by atoms with Crippen LogP contribution in [0.3, 0.4) is 0 Å². The molecule has 194 valence electrons.